The molecule has 0 N–H and O–H groups in total. The summed E-state index contributed by atoms with van der Waals surface area (Å²) in [5.74, 6) is 0. The van der Waals surface area contributed by atoms with Crippen LogP contribution in [-0.2, 0) is 24.7 Å². The van der Waals surface area contributed by atoms with Gasteiger partial charge in [-0.25, -0.2) is 4.98 Å². The van der Waals surface area contributed by atoms with Gasteiger partial charge in [0.1, 0.15) is 46.8 Å². The summed E-state index contributed by atoms with van der Waals surface area (Å²) >= 11 is 0. The van der Waals surface area contributed by atoms with Crippen LogP contribution in [0.25, 0.3) is 33.4 Å². The molecular formula is C28H6F12N6. The van der Waals surface area contributed by atoms with Crippen molar-refractivity contribution in [2.45, 2.75) is 24.7 Å². The van der Waals surface area contributed by atoms with Crippen LogP contribution < -0.4 is 10.4 Å². The van der Waals surface area contributed by atoms with Gasteiger partial charge in [0, 0.05) is 10.4 Å². The second kappa shape index (κ2) is 11.8. The van der Waals surface area contributed by atoms with E-state index in [1.54, 1.807) is 0 Å². The number of benzene rings is 2. The van der Waals surface area contributed by atoms with E-state index in [9.17, 15) is 73.7 Å². The minimum Gasteiger partial charge on any atom is -0.239 e. The molecular weight excluding hydrogens is 648 g/mol. The molecule has 232 valence electrons. The Hall–Kier alpha value is -6.06. The molecule has 0 spiro atoms. The summed E-state index contributed by atoms with van der Waals surface area (Å²) in [6, 6.07) is 6.21. The van der Waals surface area contributed by atoms with E-state index in [0.29, 0.717) is 12.1 Å². The third-order valence-corrected chi connectivity index (χ3v) is 6.04. The van der Waals surface area contributed by atoms with Crippen molar-refractivity contribution in [3.05, 3.63) is 74.9 Å². The van der Waals surface area contributed by atoms with Crippen LogP contribution in [0.5, 0.6) is 0 Å². The number of aromatic nitrogens is 1. The molecule has 3 rings (SSSR count). The van der Waals surface area contributed by atoms with Gasteiger partial charge in [0.25, 0.3) is 0 Å². The van der Waals surface area contributed by atoms with E-state index in [0.717, 1.165) is 6.07 Å². The highest BCUT2D eigenvalue weighted by atomic mass is 19.4. The van der Waals surface area contributed by atoms with Crippen molar-refractivity contribution < 1.29 is 52.7 Å². The SMILES string of the molecule is N#CC(C#N)=c1cc(-c2cc(C(F)(F)F)c(C#N)cc2C(F)(F)F)c(=C(C#N)C#N)cc1-c1cc(C(F)(F)F)nc(C(F)(F)F)c1. The summed E-state index contributed by atoms with van der Waals surface area (Å²) in [5, 5.41) is 45.1. The van der Waals surface area contributed by atoms with Gasteiger partial charge in [0.05, 0.1) is 22.8 Å². The largest absolute Gasteiger partial charge is 0.433 e. The van der Waals surface area contributed by atoms with Crippen molar-refractivity contribution in [3.63, 3.8) is 0 Å². The highest BCUT2D eigenvalue weighted by Gasteiger charge is 2.41. The molecule has 0 saturated heterocycles. The van der Waals surface area contributed by atoms with Gasteiger partial charge >= 0.3 is 24.7 Å². The van der Waals surface area contributed by atoms with Gasteiger partial charge in [-0.15, -0.1) is 0 Å². The van der Waals surface area contributed by atoms with Crippen molar-refractivity contribution in [3.8, 4) is 52.6 Å². The topological polar surface area (TPSA) is 132 Å². The number of halogens is 12. The fourth-order valence-corrected chi connectivity index (χ4v) is 4.13. The number of hydrogen-bond acceptors (Lipinski definition) is 6. The molecule has 0 saturated carbocycles. The summed E-state index contributed by atoms with van der Waals surface area (Å²) in [4.78, 5) is 2.50. The van der Waals surface area contributed by atoms with Crippen molar-refractivity contribution in [2.24, 2.45) is 0 Å². The van der Waals surface area contributed by atoms with Crippen molar-refractivity contribution >= 4 is 11.1 Å². The first kappa shape index (κ1) is 34.4. The summed E-state index contributed by atoms with van der Waals surface area (Å²) in [6.07, 6.45) is -22.1. The molecule has 0 unspecified atom stereocenters. The van der Waals surface area contributed by atoms with Gasteiger partial charge in [-0.3, -0.25) is 0 Å². The molecule has 0 aliphatic heterocycles. The Labute approximate surface area is 247 Å². The molecule has 0 amide bonds. The average molecular weight is 654 g/mol. The molecule has 0 aliphatic rings. The lowest BCUT2D eigenvalue weighted by Crippen LogP contribution is -2.22. The van der Waals surface area contributed by atoms with Crippen LogP contribution in [0.3, 0.4) is 0 Å². The van der Waals surface area contributed by atoms with Gasteiger partial charge in [-0.05, 0) is 58.7 Å². The minimum absolute atomic E-state index is 0.00688. The van der Waals surface area contributed by atoms with Crippen LogP contribution in [0, 0.1) is 56.7 Å². The van der Waals surface area contributed by atoms with E-state index in [1.165, 1.54) is 24.3 Å². The normalized spacial score (nSPS) is 11.8. The van der Waals surface area contributed by atoms with Crippen molar-refractivity contribution in [1.29, 1.82) is 26.3 Å². The molecule has 6 nitrogen and oxygen atoms in total. The Morgan fingerprint density at radius 2 is 0.891 bits per heavy atom. The predicted molar refractivity (Wildman–Crippen MR) is 128 cm³/mol. The first-order chi connectivity index (χ1) is 21.1. The van der Waals surface area contributed by atoms with Gasteiger partial charge in [0.2, 0.25) is 0 Å². The number of rotatable bonds is 2. The third kappa shape index (κ3) is 6.69. The zero-order valence-electron chi connectivity index (χ0n) is 21.7. The number of alkyl halides is 12. The Kier molecular flexibility index (Phi) is 8.83. The zero-order valence-corrected chi connectivity index (χ0v) is 21.7. The molecule has 0 bridgehead atoms. The van der Waals surface area contributed by atoms with Crippen LogP contribution in [0.1, 0.15) is 28.1 Å². The molecule has 0 radical (unpaired) electrons. The third-order valence-electron chi connectivity index (χ3n) is 6.04. The fourth-order valence-electron chi connectivity index (χ4n) is 4.13. The Morgan fingerprint density at radius 1 is 0.478 bits per heavy atom. The highest BCUT2D eigenvalue weighted by molar-refractivity contribution is 5.86. The average Bonchev–Trinajstić information content (AvgIpc) is 2.95. The highest BCUT2D eigenvalue weighted by Crippen LogP contribution is 2.42. The quantitative estimate of drug-likeness (QED) is 0.281. The standard InChI is InChI=1S/C28H6F12N6/c29-25(30,31)21-6-20(22(26(32,33)34)1-13(21)7-41)19-5-17(14(8-42)9-43)16(4-18(19)15(10-44)11-45)12-2-23(27(35,36)37)46-24(3-12)28(38,39)40/h1-6H. The summed E-state index contributed by atoms with van der Waals surface area (Å²) < 4.78 is 165. The second-order valence-electron chi connectivity index (χ2n) is 8.81. The lowest BCUT2D eigenvalue weighted by molar-refractivity contribution is -0.150. The molecule has 0 atom stereocenters. The van der Waals surface area contributed by atoms with E-state index in [2.05, 4.69) is 4.98 Å². The fraction of sp³-hybridized carbons (Fsp3) is 0.143. The summed E-state index contributed by atoms with van der Waals surface area (Å²) in [7, 11) is 0. The van der Waals surface area contributed by atoms with Crippen molar-refractivity contribution in [1.82, 2.24) is 4.98 Å². The van der Waals surface area contributed by atoms with Crippen LogP contribution in [0.15, 0.2) is 36.4 Å². The van der Waals surface area contributed by atoms with Gasteiger partial charge in [0.15, 0.2) is 0 Å². The van der Waals surface area contributed by atoms with E-state index in [4.69, 9.17) is 5.26 Å². The Morgan fingerprint density at radius 3 is 1.26 bits per heavy atom. The minimum atomic E-state index is -5.55. The summed E-state index contributed by atoms with van der Waals surface area (Å²) in [5.41, 5.74) is -16.7. The maximum Gasteiger partial charge on any atom is 0.433 e. The molecule has 0 aliphatic carbocycles. The van der Waals surface area contributed by atoms with Gasteiger partial charge in [-0.2, -0.15) is 79.0 Å². The number of pyridine rings is 1. The Balaban J connectivity index is 2.80. The molecule has 2 aromatic carbocycles. The number of hydrogen-bond donors (Lipinski definition) is 0. The number of nitrogens with zero attached hydrogens (tertiary/aromatic N) is 6. The molecule has 1 heterocycles. The molecule has 0 fully saturated rings. The van der Waals surface area contributed by atoms with Gasteiger partial charge in [-0.1, -0.05) is 0 Å². The van der Waals surface area contributed by atoms with Gasteiger partial charge < -0.3 is 0 Å². The van der Waals surface area contributed by atoms with E-state index < -0.39 is 96.6 Å². The predicted octanol–water partition coefficient (Wildman–Crippen LogP) is 6.76. The summed E-state index contributed by atoms with van der Waals surface area (Å²) in [6.45, 7) is 0. The maximum absolute atomic E-state index is 14.2. The molecule has 18 heteroatoms. The maximum atomic E-state index is 14.2. The van der Waals surface area contributed by atoms with Crippen LogP contribution >= 0.6 is 0 Å². The molecule has 46 heavy (non-hydrogen) atoms. The first-order valence-corrected chi connectivity index (χ1v) is 11.5. The lowest BCUT2D eigenvalue weighted by Gasteiger charge is -2.19. The number of nitriles is 5. The lowest BCUT2D eigenvalue weighted by atomic mass is 9.88. The van der Waals surface area contributed by atoms with Crippen molar-refractivity contribution in [2.75, 3.05) is 0 Å². The molecule has 1 aromatic heterocycles. The first-order valence-electron chi connectivity index (χ1n) is 11.5. The second-order valence-corrected chi connectivity index (χ2v) is 8.81. The van der Waals surface area contributed by atoms with E-state index in [-0.39, 0.29) is 24.3 Å². The van der Waals surface area contributed by atoms with E-state index in [1.807, 2.05) is 0 Å². The zero-order chi connectivity index (χ0) is 35.0. The molecule has 3 aromatic rings. The van der Waals surface area contributed by atoms with Crippen LogP contribution in [0.2, 0.25) is 0 Å². The smallest absolute Gasteiger partial charge is 0.239 e. The van der Waals surface area contributed by atoms with E-state index >= 15 is 0 Å². The van der Waals surface area contributed by atoms with Crippen LogP contribution in [-0.4, -0.2) is 4.98 Å². The van der Waals surface area contributed by atoms with Crippen LogP contribution in [0.4, 0.5) is 52.7 Å². The Bertz CT molecular complexity index is 2040. The monoisotopic (exact) mass is 654 g/mol.